The van der Waals surface area contributed by atoms with Crippen LogP contribution in [0.25, 0.3) is 0 Å². The van der Waals surface area contributed by atoms with E-state index >= 15 is 0 Å². The SMILES string of the molecule is CCc1cc(Br)ccc1NC1CC(C)C1. The molecule has 1 N–H and O–H groups in total. The molecule has 0 saturated heterocycles. The lowest BCUT2D eigenvalue weighted by molar-refractivity contribution is 0.309. The van der Waals surface area contributed by atoms with Crippen molar-refractivity contribution in [2.24, 2.45) is 5.92 Å². The minimum atomic E-state index is 0.700. The summed E-state index contributed by atoms with van der Waals surface area (Å²) in [6.45, 7) is 4.52. The van der Waals surface area contributed by atoms with Gasteiger partial charge in [-0.25, -0.2) is 0 Å². The Hall–Kier alpha value is -0.500. The van der Waals surface area contributed by atoms with Crippen molar-refractivity contribution in [1.29, 1.82) is 0 Å². The third kappa shape index (κ3) is 2.54. The lowest BCUT2D eigenvalue weighted by atomic mass is 9.81. The van der Waals surface area contributed by atoms with Gasteiger partial charge in [-0.15, -0.1) is 0 Å². The first-order valence-corrected chi connectivity index (χ1v) is 6.53. The van der Waals surface area contributed by atoms with Crippen LogP contribution in [0.1, 0.15) is 32.3 Å². The van der Waals surface area contributed by atoms with Crippen molar-refractivity contribution in [3.63, 3.8) is 0 Å². The smallest absolute Gasteiger partial charge is 0.0375 e. The van der Waals surface area contributed by atoms with Gasteiger partial charge in [0.25, 0.3) is 0 Å². The maximum Gasteiger partial charge on any atom is 0.0375 e. The number of anilines is 1. The van der Waals surface area contributed by atoms with Crippen LogP contribution in [0.4, 0.5) is 5.69 Å². The summed E-state index contributed by atoms with van der Waals surface area (Å²) in [5.41, 5.74) is 2.72. The molecule has 0 aliphatic heterocycles. The predicted octanol–water partition coefficient (Wildman–Crippen LogP) is 4.22. The summed E-state index contributed by atoms with van der Waals surface area (Å²) in [7, 11) is 0. The average Bonchev–Trinajstić information content (AvgIpc) is 2.18. The molecule has 0 amide bonds. The third-order valence-electron chi connectivity index (χ3n) is 3.18. The minimum absolute atomic E-state index is 0.700. The van der Waals surface area contributed by atoms with Gasteiger partial charge in [-0.2, -0.15) is 0 Å². The molecule has 0 heterocycles. The van der Waals surface area contributed by atoms with Crippen LogP contribution in [0, 0.1) is 5.92 Å². The van der Waals surface area contributed by atoms with Crippen LogP contribution >= 0.6 is 15.9 Å². The third-order valence-corrected chi connectivity index (χ3v) is 3.67. The Morgan fingerprint density at radius 3 is 2.73 bits per heavy atom. The van der Waals surface area contributed by atoms with Gasteiger partial charge in [0.05, 0.1) is 0 Å². The van der Waals surface area contributed by atoms with E-state index in [1.807, 2.05) is 0 Å². The van der Waals surface area contributed by atoms with E-state index in [-0.39, 0.29) is 0 Å². The van der Waals surface area contributed by atoms with E-state index in [0.717, 1.165) is 12.3 Å². The quantitative estimate of drug-likeness (QED) is 0.865. The van der Waals surface area contributed by atoms with E-state index in [1.54, 1.807) is 0 Å². The largest absolute Gasteiger partial charge is 0.382 e. The molecule has 82 valence electrons. The zero-order valence-electron chi connectivity index (χ0n) is 9.39. The summed E-state index contributed by atoms with van der Waals surface area (Å²) in [4.78, 5) is 0. The number of hydrogen-bond acceptors (Lipinski definition) is 1. The van der Waals surface area contributed by atoms with E-state index in [4.69, 9.17) is 0 Å². The predicted molar refractivity (Wildman–Crippen MR) is 69.3 cm³/mol. The number of nitrogens with one attached hydrogen (secondary N) is 1. The molecule has 1 saturated carbocycles. The second kappa shape index (κ2) is 4.56. The molecule has 15 heavy (non-hydrogen) atoms. The Morgan fingerprint density at radius 2 is 2.13 bits per heavy atom. The maximum atomic E-state index is 3.63. The van der Waals surface area contributed by atoms with Crippen molar-refractivity contribution in [2.75, 3.05) is 5.32 Å². The number of rotatable bonds is 3. The van der Waals surface area contributed by atoms with Crippen molar-refractivity contribution in [3.8, 4) is 0 Å². The molecule has 1 aliphatic carbocycles. The van der Waals surface area contributed by atoms with Gasteiger partial charge in [-0.3, -0.25) is 0 Å². The first-order valence-electron chi connectivity index (χ1n) is 5.74. The van der Waals surface area contributed by atoms with Crippen molar-refractivity contribution in [2.45, 2.75) is 39.2 Å². The molecule has 1 fully saturated rings. The van der Waals surface area contributed by atoms with Gasteiger partial charge in [-0.05, 0) is 48.9 Å². The highest BCUT2D eigenvalue weighted by atomic mass is 79.9. The van der Waals surface area contributed by atoms with E-state index in [0.29, 0.717) is 6.04 Å². The fraction of sp³-hybridized carbons (Fsp3) is 0.538. The molecule has 1 aromatic carbocycles. The molecule has 0 atom stereocenters. The first kappa shape index (κ1) is 11.0. The number of benzene rings is 1. The normalized spacial score (nSPS) is 24.7. The molecule has 1 aromatic rings. The van der Waals surface area contributed by atoms with Crippen LogP contribution < -0.4 is 5.32 Å². The van der Waals surface area contributed by atoms with Crippen LogP contribution in [0.3, 0.4) is 0 Å². The van der Waals surface area contributed by atoms with E-state index in [9.17, 15) is 0 Å². The summed E-state index contributed by atoms with van der Waals surface area (Å²) in [5.74, 6) is 0.906. The van der Waals surface area contributed by atoms with E-state index in [2.05, 4.69) is 53.3 Å². The van der Waals surface area contributed by atoms with Crippen molar-refractivity contribution in [3.05, 3.63) is 28.2 Å². The lowest BCUT2D eigenvalue weighted by Gasteiger charge is -2.34. The summed E-state index contributed by atoms with van der Waals surface area (Å²) >= 11 is 3.52. The zero-order chi connectivity index (χ0) is 10.8. The van der Waals surface area contributed by atoms with E-state index < -0.39 is 0 Å². The van der Waals surface area contributed by atoms with Crippen molar-refractivity contribution in [1.82, 2.24) is 0 Å². The highest BCUT2D eigenvalue weighted by Gasteiger charge is 2.25. The van der Waals surface area contributed by atoms with Gasteiger partial charge in [-0.1, -0.05) is 29.8 Å². The van der Waals surface area contributed by atoms with Gasteiger partial charge in [0.15, 0.2) is 0 Å². The Bertz CT molecular complexity index is 342. The number of aryl methyl sites for hydroxylation is 1. The Morgan fingerprint density at radius 1 is 1.40 bits per heavy atom. The lowest BCUT2D eigenvalue weighted by Crippen LogP contribution is -2.34. The molecule has 0 bridgehead atoms. The molecular formula is C13H18BrN. The summed E-state index contributed by atoms with van der Waals surface area (Å²) in [6.07, 6.45) is 3.72. The second-order valence-corrected chi connectivity index (χ2v) is 5.49. The molecule has 1 nitrogen and oxygen atoms in total. The van der Waals surface area contributed by atoms with Crippen molar-refractivity contribution < 1.29 is 0 Å². The molecule has 0 unspecified atom stereocenters. The zero-order valence-corrected chi connectivity index (χ0v) is 11.0. The topological polar surface area (TPSA) is 12.0 Å². The van der Waals surface area contributed by atoms with E-state index in [1.165, 1.54) is 28.6 Å². The number of halogens is 1. The summed E-state index contributed by atoms with van der Waals surface area (Å²) in [6, 6.07) is 7.21. The molecule has 2 heteroatoms. The molecule has 0 spiro atoms. The fourth-order valence-electron chi connectivity index (χ4n) is 2.24. The van der Waals surface area contributed by atoms with Gasteiger partial charge in [0.1, 0.15) is 0 Å². The minimum Gasteiger partial charge on any atom is -0.382 e. The van der Waals surface area contributed by atoms with Crippen LogP contribution in [0.15, 0.2) is 22.7 Å². The first-order chi connectivity index (χ1) is 7.19. The van der Waals surface area contributed by atoms with Gasteiger partial charge in [0, 0.05) is 16.2 Å². The van der Waals surface area contributed by atoms with Crippen LogP contribution in [-0.4, -0.2) is 6.04 Å². The van der Waals surface area contributed by atoms with Crippen LogP contribution in [-0.2, 0) is 6.42 Å². The Kier molecular flexibility index (Phi) is 3.35. The molecular weight excluding hydrogens is 250 g/mol. The van der Waals surface area contributed by atoms with Gasteiger partial charge >= 0.3 is 0 Å². The average molecular weight is 268 g/mol. The Balaban J connectivity index is 2.07. The molecule has 1 aliphatic rings. The summed E-state index contributed by atoms with van der Waals surface area (Å²) in [5, 5.41) is 3.63. The standard InChI is InChI=1S/C13H18BrN/c1-3-10-8-11(14)4-5-13(10)15-12-6-9(2)7-12/h4-5,8-9,12,15H,3,6-7H2,1-2H3. The molecule has 0 aromatic heterocycles. The highest BCUT2D eigenvalue weighted by Crippen LogP contribution is 2.31. The fourth-order valence-corrected chi connectivity index (χ4v) is 2.64. The maximum absolute atomic E-state index is 3.63. The van der Waals surface area contributed by atoms with Gasteiger partial charge < -0.3 is 5.32 Å². The molecule has 2 rings (SSSR count). The monoisotopic (exact) mass is 267 g/mol. The Labute approximate surface area is 100 Å². The van der Waals surface area contributed by atoms with Crippen molar-refractivity contribution >= 4 is 21.6 Å². The second-order valence-electron chi connectivity index (χ2n) is 4.57. The highest BCUT2D eigenvalue weighted by molar-refractivity contribution is 9.10. The van der Waals surface area contributed by atoms with Gasteiger partial charge in [0.2, 0.25) is 0 Å². The number of hydrogen-bond donors (Lipinski definition) is 1. The summed E-state index contributed by atoms with van der Waals surface area (Å²) < 4.78 is 1.17. The molecule has 0 radical (unpaired) electrons. The van der Waals surface area contributed by atoms with Crippen LogP contribution in [0.2, 0.25) is 0 Å². The van der Waals surface area contributed by atoms with Crippen LogP contribution in [0.5, 0.6) is 0 Å².